The van der Waals surface area contributed by atoms with Gasteiger partial charge in [0.15, 0.2) is 0 Å². The Morgan fingerprint density at radius 3 is 2.56 bits per heavy atom. The van der Waals surface area contributed by atoms with Crippen LogP contribution in [0.5, 0.6) is 0 Å². The van der Waals surface area contributed by atoms with Crippen molar-refractivity contribution < 1.29 is 14.3 Å². The van der Waals surface area contributed by atoms with Gasteiger partial charge in [0.2, 0.25) is 11.8 Å². The Labute approximate surface area is 106 Å². The van der Waals surface area contributed by atoms with Crippen molar-refractivity contribution in [1.82, 2.24) is 5.32 Å². The zero-order valence-corrected chi connectivity index (χ0v) is 10.4. The molecule has 0 spiro atoms. The SMILES string of the molecule is CC[C@H](NC(=O)COCc1ccccc1)C(N)=O. The predicted octanol–water partition coefficient (Wildman–Crippen LogP) is 0.583. The molecule has 1 atom stereocenters. The number of ether oxygens (including phenoxy) is 1. The molecule has 0 saturated carbocycles. The number of rotatable bonds is 7. The molecule has 0 heterocycles. The van der Waals surface area contributed by atoms with Gasteiger partial charge in [0.25, 0.3) is 0 Å². The molecule has 2 amide bonds. The van der Waals surface area contributed by atoms with Crippen molar-refractivity contribution in [3.63, 3.8) is 0 Å². The predicted molar refractivity (Wildman–Crippen MR) is 67.5 cm³/mol. The number of nitrogens with two attached hydrogens (primary N) is 1. The Hall–Kier alpha value is -1.88. The number of hydrogen-bond acceptors (Lipinski definition) is 3. The van der Waals surface area contributed by atoms with E-state index in [0.29, 0.717) is 13.0 Å². The average molecular weight is 250 g/mol. The third-order valence-electron chi connectivity index (χ3n) is 2.43. The van der Waals surface area contributed by atoms with Gasteiger partial charge in [-0.2, -0.15) is 0 Å². The van der Waals surface area contributed by atoms with Crippen LogP contribution in [0.4, 0.5) is 0 Å². The largest absolute Gasteiger partial charge is 0.368 e. The highest BCUT2D eigenvalue weighted by Gasteiger charge is 2.15. The number of carbonyl (C=O) groups is 2. The Morgan fingerprint density at radius 2 is 2.00 bits per heavy atom. The van der Waals surface area contributed by atoms with Gasteiger partial charge in [0, 0.05) is 0 Å². The first kappa shape index (κ1) is 14.2. The van der Waals surface area contributed by atoms with Gasteiger partial charge in [-0.15, -0.1) is 0 Å². The lowest BCUT2D eigenvalue weighted by Crippen LogP contribution is -2.45. The first-order valence-corrected chi connectivity index (χ1v) is 5.83. The standard InChI is InChI=1S/C13H18N2O3/c1-2-11(13(14)17)15-12(16)9-18-8-10-6-4-3-5-7-10/h3-7,11H,2,8-9H2,1H3,(H2,14,17)(H,15,16)/t11-/m0/s1. The summed E-state index contributed by atoms with van der Waals surface area (Å²) in [4.78, 5) is 22.4. The molecular formula is C13H18N2O3. The summed E-state index contributed by atoms with van der Waals surface area (Å²) >= 11 is 0. The van der Waals surface area contributed by atoms with Gasteiger partial charge in [0.1, 0.15) is 12.6 Å². The van der Waals surface area contributed by atoms with E-state index < -0.39 is 11.9 Å². The lowest BCUT2D eigenvalue weighted by molar-refractivity contribution is -0.130. The van der Waals surface area contributed by atoms with Crippen molar-refractivity contribution in [2.24, 2.45) is 5.73 Å². The molecule has 0 radical (unpaired) electrons. The molecule has 0 aliphatic heterocycles. The molecule has 0 aliphatic carbocycles. The molecule has 1 aromatic carbocycles. The Balaban J connectivity index is 2.27. The maximum Gasteiger partial charge on any atom is 0.246 e. The highest BCUT2D eigenvalue weighted by Crippen LogP contribution is 2.00. The highest BCUT2D eigenvalue weighted by atomic mass is 16.5. The van der Waals surface area contributed by atoms with E-state index in [1.54, 1.807) is 6.92 Å². The van der Waals surface area contributed by atoms with E-state index in [-0.39, 0.29) is 12.5 Å². The number of amides is 2. The second-order valence-electron chi connectivity index (χ2n) is 3.91. The van der Waals surface area contributed by atoms with E-state index >= 15 is 0 Å². The van der Waals surface area contributed by atoms with Crippen LogP contribution in [0.3, 0.4) is 0 Å². The van der Waals surface area contributed by atoms with Crippen molar-refractivity contribution in [3.8, 4) is 0 Å². The smallest absolute Gasteiger partial charge is 0.246 e. The monoisotopic (exact) mass is 250 g/mol. The Morgan fingerprint density at radius 1 is 1.33 bits per heavy atom. The molecular weight excluding hydrogens is 232 g/mol. The van der Waals surface area contributed by atoms with E-state index in [1.165, 1.54) is 0 Å². The van der Waals surface area contributed by atoms with E-state index in [9.17, 15) is 9.59 Å². The fraction of sp³-hybridized carbons (Fsp3) is 0.385. The van der Waals surface area contributed by atoms with Crippen LogP contribution in [0.15, 0.2) is 30.3 Å². The summed E-state index contributed by atoms with van der Waals surface area (Å²) < 4.78 is 5.24. The summed E-state index contributed by atoms with van der Waals surface area (Å²) in [7, 11) is 0. The molecule has 0 aliphatic rings. The zero-order chi connectivity index (χ0) is 13.4. The molecule has 3 N–H and O–H groups in total. The summed E-state index contributed by atoms with van der Waals surface area (Å²) in [6, 6.07) is 8.91. The molecule has 0 unspecified atom stereocenters. The summed E-state index contributed by atoms with van der Waals surface area (Å²) in [6.45, 7) is 2.06. The van der Waals surface area contributed by atoms with Crippen LogP contribution in [0.25, 0.3) is 0 Å². The number of benzene rings is 1. The fourth-order valence-electron chi connectivity index (χ4n) is 1.45. The van der Waals surface area contributed by atoms with Crippen molar-refractivity contribution >= 4 is 11.8 Å². The second-order valence-corrected chi connectivity index (χ2v) is 3.91. The first-order valence-electron chi connectivity index (χ1n) is 5.83. The number of primary amides is 1. The van der Waals surface area contributed by atoms with Crippen molar-refractivity contribution in [2.75, 3.05) is 6.61 Å². The van der Waals surface area contributed by atoms with Crippen LogP contribution in [0, 0.1) is 0 Å². The van der Waals surface area contributed by atoms with Crippen molar-refractivity contribution in [3.05, 3.63) is 35.9 Å². The summed E-state index contributed by atoms with van der Waals surface area (Å²) in [6.07, 6.45) is 0.472. The molecule has 0 aromatic heterocycles. The first-order chi connectivity index (χ1) is 8.63. The van der Waals surface area contributed by atoms with E-state index in [2.05, 4.69) is 5.32 Å². The van der Waals surface area contributed by atoms with Crippen LogP contribution in [0.2, 0.25) is 0 Å². The van der Waals surface area contributed by atoms with Crippen molar-refractivity contribution in [2.45, 2.75) is 26.0 Å². The molecule has 1 rings (SSSR count). The highest BCUT2D eigenvalue weighted by molar-refractivity contribution is 5.86. The van der Waals surface area contributed by atoms with Gasteiger partial charge in [-0.3, -0.25) is 9.59 Å². The van der Waals surface area contributed by atoms with Gasteiger partial charge in [0.05, 0.1) is 6.61 Å². The van der Waals surface area contributed by atoms with Crippen LogP contribution in [0.1, 0.15) is 18.9 Å². The molecule has 1 aromatic rings. The minimum absolute atomic E-state index is 0.0846. The maximum atomic E-state index is 11.5. The second kappa shape index (κ2) is 7.45. The summed E-state index contributed by atoms with van der Waals surface area (Å²) in [5.41, 5.74) is 6.11. The van der Waals surface area contributed by atoms with Crippen LogP contribution >= 0.6 is 0 Å². The van der Waals surface area contributed by atoms with E-state index in [0.717, 1.165) is 5.56 Å². The van der Waals surface area contributed by atoms with Gasteiger partial charge in [-0.1, -0.05) is 37.3 Å². The summed E-state index contributed by atoms with van der Waals surface area (Å²) in [5.74, 6) is -0.870. The molecule has 18 heavy (non-hydrogen) atoms. The molecule has 0 fully saturated rings. The molecule has 0 saturated heterocycles. The minimum atomic E-state index is -0.627. The number of hydrogen-bond donors (Lipinski definition) is 2. The molecule has 5 nitrogen and oxygen atoms in total. The van der Waals surface area contributed by atoms with Gasteiger partial charge in [-0.25, -0.2) is 0 Å². The Kier molecular flexibility index (Phi) is 5.87. The number of carbonyl (C=O) groups excluding carboxylic acids is 2. The fourth-order valence-corrected chi connectivity index (χ4v) is 1.45. The Bertz CT molecular complexity index is 392. The van der Waals surface area contributed by atoms with Gasteiger partial charge < -0.3 is 15.8 Å². The molecule has 5 heteroatoms. The van der Waals surface area contributed by atoms with Crippen molar-refractivity contribution in [1.29, 1.82) is 0 Å². The van der Waals surface area contributed by atoms with Gasteiger partial charge in [-0.05, 0) is 12.0 Å². The van der Waals surface area contributed by atoms with Crippen LogP contribution in [-0.2, 0) is 20.9 Å². The molecule has 0 bridgehead atoms. The normalized spacial score (nSPS) is 11.8. The van der Waals surface area contributed by atoms with E-state index in [4.69, 9.17) is 10.5 Å². The lowest BCUT2D eigenvalue weighted by atomic mass is 10.2. The third kappa shape index (κ3) is 4.97. The number of nitrogens with one attached hydrogen (secondary N) is 1. The maximum absolute atomic E-state index is 11.5. The van der Waals surface area contributed by atoms with Crippen LogP contribution in [-0.4, -0.2) is 24.5 Å². The van der Waals surface area contributed by atoms with Crippen LogP contribution < -0.4 is 11.1 Å². The summed E-state index contributed by atoms with van der Waals surface area (Å²) in [5, 5.41) is 2.51. The minimum Gasteiger partial charge on any atom is -0.368 e. The van der Waals surface area contributed by atoms with E-state index in [1.807, 2.05) is 30.3 Å². The quantitative estimate of drug-likeness (QED) is 0.743. The third-order valence-corrected chi connectivity index (χ3v) is 2.43. The topological polar surface area (TPSA) is 81.4 Å². The zero-order valence-electron chi connectivity index (χ0n) is 10.4. The average Bonchev–Trinajstić information content (AvgIpc) is 2.37. The van der Waals surface area contributed by atoms with Gasteiger partial charge >= 0.3 is 0 Å². The molecule has 98 valence electrons. The lowest BCUT2D eigenvalue weighted by Gasteiger charge is -2.13.